The zero-order chi connectivity index (χ0) is 13.3. The minimum absolute atomic E-state index is 0.0294. The molecule has 3 fully saturated rings. The van der Waals surface area contributed by atoms with Gasteiger partial charge in [0.1, 0.15) is 0 Å². The topological polar surface area (TPSA) is 82.5 Å². The molecule has 2 saturated heterocycles. The fourth-order valence-corrected chi connectivity index (χ4v) is 3.42. The summed E-state index contributed by atoms with van der Waals surface area (Å²) in [6.45, 7) is 2.85. The molecule has 2 N–H and O–H groups in total. The summed E-state index contributed by atoms with van der Waals surface area (Å²) in [5, 5.41) is 0. The Morgan fingerprint density at radius 2 is 2.26 bits per heavy atom. The maximum atomic E-state index is 11.1. The van der Waals surface area contributed by atoms with E-state index in [1.807, 2.05) is 6.20 Å². The van der Waals surface area contributed by atoms with Crippen molar-refractivity contribution >= 4 is 11.7 Å². The average Bonchev–Trinajstić information content (AvgIpc) is 2.97. The number of hydrogen-bond donors (Lipinski definition) is 1. The summed E-state index contributed by atoms with van der Waals surface area (Å²) >= 11 is 0. The van der Waals surface area contributed by atoms with E-state index in [2.05, 4.69) is 16.9 Å². The molecule has 19 heavy (non-hydrogen) atoms. The van der Waals surface area contributed by atoms with Gasteiger partial charge in [0.2, 0.25) is 5.78 Å². The molecule has 98 valence electrons. The normalized spacial score (nSPS) is 32.5. The summed E-state index contributed by atoms with van der Waals surface area (Å²) in [7, 11) is 0. The van der Waals surface area contributed by atoms with E-state index in [0.717, 1.165) is 25.1 Å². The van der Waals surface area contributed by atoms with Crippen LogP contribution in [0.4, 0.5) is 0 Å². The molecule has 2 bridgehead atoms. The van der Waals surface area contributed by atoms with Gasteiger partial charge in [-0.15, -0.1) is 0 Å². The Bertz CT molecular complexity index is 700. The third-order valence-corrected chi connectivity index (χ3v) is 4.26. The number of carbonyl (C=O) groups excluding carboxylic acids is 1. The van der Waals surface area contributed by atoms with E-state index in [4.69, 9.17) is 10.5 Å². The molecule has 2 aromatic rings. The number of ether oxygens (including phenoxy) is 1. The van der Waals surface area contributed by atoms with Gasteiger partial charge in [0.05, 0.1) is 23.5 Å². The van der Waals surface area contributed by atoms with Crippen LogP contribution in [0.5, 0.6) is 0 Å². The summed E-state index contributed by atoms with van der Waals surface area (Å²) in [4.78, 5) is 19.9. The van der Waals surface area contributed by atoms with E-state index >= 15 is 0 Å². The minimum atomic E-state index is -0.483. The van der Waals surface area contributed by atoms with Gasteiger partial charge in [-0.3, -0.25) is 9.20 Å². The molecule has 0 radical (unpaired) electrons. The molecule has 0 unspecified atom stereocenters. The molecular weight excluding hydrogens is 244 g/mol. The first-order valence-corrected chi connectivity index (χ1v) is 6.29. The molecule has 0 spiro atoms. The van der Waals surface area contributed by atoms with Gasteiger partial charge in [-0.05, 0) is 19.8 Å². The Kier molecular flexibility index (Phi) is 1.80. The van der Waals surface area contributed by atoms with Crippen LogP contribution in [0, 0.1) is 0 Å². The van der Waals surface area contributed by atoms with Crippen molar-refractivity contribution in [1.29, 1.82) is 0 Å². The van der Waals surface area contributed by atoms with E-state index in [-0.39, 0.29) is 11.0 Å². The van der Waals surface area contributed by atoms with Crippen LogP contribution in [0.2, 0.25) is 0 Å². The van der Waals surface area contributed by atoms with E-state index in [9.17, 15) is 4.79 Å². The first-order chi connectivity index (χ1) is 9.00. The molecule has 3 aliphatic rings. The number of hydrogen-bond acceptors (Lipinski definition) is 4. The van der Waals surface area contributed by atoms with Crippen molar-refractivity contribution in [2.75, 3.05) is 6.61 Å². The number of rotatable bonds is 2. The Hall–Kier alpha value is -1.95. The van der Waals surface area contributed by atoms with Crippen molar-refractivity contribution in [2.24, 2.45) is 5.73 Å². The van der Waals surface area contributed by atoms with E-state index in [1.54, 1.807) is 10.6 Å². The van der Waals surface area contributed by atoms with Crippen molar-refractivity contribution in [3.63, 3.8) is 0 Å². The summed E-state index contributed by atoms with van der Waals surface area (Å²) in [5.41, 5.74) is 6.70. The predicted molar refractivity (Wildman–Crippen MR) is 66.8 cm³/mol. The highest BCUT2D eigenvalue weighted by atomic mass is 16.5. The zero-order valence-corrected chi connectivity index (χ0v) is 10.6. The van der Waals surface area contributed by atoms with Gasteiger partial charge in [0.15, 0.2) is 0 Å². The monoisotopic (exact) mass is 258 g/mol. The molecule has 5 rings (SSSR count). The minimum Gasteiger partial charge on any atom is -0.374 e. The number of imidazole rings is 1. The number of nitrogens with zero attached hydrogens (tertiary/aromatic N) is 3. The van der Waals surface area contributed by atoms with Crippen LogP contribution in [-0.2, 0) is 10.2 Å². The quantitative estimate of drug-likeness (QED) is 0.857. The summed E-state index contributed by atoms with van der Waals surface area (Å²) in [6.07, 6.45) is 7.08. The lowest BCUT2D eigenvalue weighted by atomic mass is 9.62. The first kappa shape index (κ1) is 10.9. The van der Waals surface area contributed by atoms with Crippen molar-refractivity contribution in [2.45, 2.75) is 30.8 Å². The van der Waals surface area contributed by atoms with Crippen LogP contribution in [0.25, 0.3) is 5.78 Å². The Morgan fingerprint density at radius 1 is 1.47 bits per heavy atom. The summed E-state index contributed by atoms with van der Waals surface area (Å²) < 4.78 is 7.55. The maximum Gasteiger partial charge on any atom is 0.251 e. The van der Waals surface area contributed by atoms with Crippen LogP contribution in [0.1, 0.15) is 35.8 Å². The van der Waals surface area contributed by atoms with E-state index in [0.29, 0.717) is 11.3 Å². The molecule has 6 heteroatoms. The van der Waals surface area contributed by atoms with Crippen molar-refractivity contribution in [3.05, 3.63) is 29.8 Å². The van der Waals surface area contributed by atoms with Gasteiger partial charge >= 0.3 is 0 Å². The number of amides is 1. The summed E-state index contributed by atoms with van der Waals surface area (Å²) in [5.74, 6) is 0.109. The molecule has 1 saturated carbocycles. The second kappa shape index (κ2) is 3.14. The summed E-state index contributed by atoms with van der Waals surface area (Å²) in [6, 6.07) is 0. The predicted octanol–water partition coefficient (Wildman–Crippen LogP) is 0.649. The molecule has 2 aromatic heterocycles. The van der Waals surface area contributed by atoms with Gasteiger partial charge in [-0.1, -0.05) is 0 Å². The van der Waals surface area contributed by atoms with Gasteiger partial charge in [0, 0.05) is 24.0 Å². The molecule has 0 atom stereocenters. The highest BCUT2D eigenvalue weighted by molar-refractivity contribution is 5.92. The number of nitrogens with two attached hydrogens (primary N) is 1. The fraction of sp³-hybridized carbons (Fsp3) is 0.462. The van der Waals surface area contributed by atoms with Crippen LogP contribution < -0.4 is 5.73 Å². The van der Waals surface area contributed by atoms with Gasteiger partial charge in [-0.25, -0.2) is 9.97 Å². The molecule has 0 aromatic carbocycles. The highest BCUT2D eigenvalue weighted by Crippen LogP contribution is 2.58. The molecule has 1 aliphatic carbocycles. The fourth-order valence-electron chi connectivity index (χ4n) is 3.42. The third-order valence-electron chi connectivity index (χ3n) is 4.26. The third kappa shape index (κ3) is 1.37. The molecular formula is C13H14N4O2. The Morgan fingerprint density at radius 3 is 2.89 bits per heavy atom. The lowest BCUT2D eigenvalue weighted by Crippen LogP contribution is -2.45. The first-order valence-electron chi connectivity index (χ1n) is 6.29. The van der Waals surface area contributed by atoms with Crippen LogP contribution in [0.15, 0.2) is 18.6 Å². The average molecular weight is 258 g/mol. The molecule has 4 heterocycles. The standard InChI is InChI=1S/C13H14N4O2/c1-12-5-13(6-12,7-19-12)9-4-17-3-8(10(14)18)2-15-11(17)16-9/h2-4H,5-7H2,1H3,(H2,14,18). The second-order valence-electron chi connectivity index (χ2n) is 5.91. The van der Waals surface area contributed by atoms with Gasteiger partial charge < -0.3 is 10.5 Å². The molecule has 1 amide bonds. The van der Waals surface area contributed by atoms with E-state index in [1.165, 1.54) is 6.20 Å². The number of fused-ring (bicyclic) bond motifs is 2. The smallest absolute Gasteiger partial charge is 0.251 e. The Balaban J connectivity index is 1.79. The lowest BCUT2D eigenvalue weighted by Gasteiger charge is -2.41. The molecule has 6 nitrogen and oxygen atoms in total. The number of aromatic nitrogens is 3. The second-order valence-corrected chi connectivity index (χ2v) is 5.91. The Labute approximate surface area is 109 Å². The number of carbonyl (C=O) groups is 1. The maximum absolute atomic E-state index is 11.1. The van der Waals surface area contributed by atoms with Gasteiger partial charge in [0.25, 0.3) is 5.91 Å². The van der Waals surface area contributed by atoms with E-state index < -0.39 is 5.91 Å². The largest absolute Gasteiger partial charge is 0.374 e. The molecule has 2 aliphatic heterocycles. The SMILES string of the molecule is CC12CC(c3cn4cc(C(N)=O)cnc4n3)(CO1)C2. The van der Waals surface area contributed by atoms with Gasteiger partial charge in [-0.2, -0.15) is 0 Å². The van der Waals surface area contributed by atoms with Crippen LogP contribution >= 0.6 is 0 Å². The lowest BCUT2D eigenvalue weighted by molar-refractivity contribution is 0.0154. The van der Waals surface area contributed by atoms with Crippen LogP contribution in [0.3, 0.4) is 0 Å². The van der Waals surface area contributed by atoms with Crippen LogP contribution in [-0.4, -0.2) is 32.5 Å². The van der Waals surface area contributed by atoms with Crippen molar-refractivity contribution < 1.29 is 9.53 Å². The van der Waals surface area contributed by atoms with Crippen molar-refractivity contribution in [3.8, 4) is 0 Å². The zero-order valence-electron chi connectivity index (χ0n) is 10.6. The van der Waals surface area contributed by atoms with Crippen molar-refractivity contribution in [1.82, 2.24) is 14.4 Å². The number of primary amides is 1. The highest BCUT2D eigenvalue weighted by Gasteiger charge is 2.61.